The van der Waals surface area contributed by atoms with E-state index in [9.17, 15) is 31.5 Å². The summed E-state index contributed by atoms with van der Waals surface area (Å²) < 4.78 is 66.0. The van der Waals surface area contributed by atoms with E-state index in [-0.39, 0.29) is 56.4 Å². The fourth-order valence-electron chi connectivity index (χ4n) is 4.52. The molecule has 166 valence electrons. The molecule has 0 radical (unpaired) electrons. The highest BCUT2D eigenvalue weighted by atomic mass is 19.4. The monoisotopic (exact) mass is 442 g/mol. The van der Waals surface area contributed by atoms with Crippen LogP contribution >= 0.6 is 0 Å². The number of carbonyl (C=O) groups is 2. The third-order valence-corrected chi connectivity index (χ3v) is 6.21. The zero-order valence-electron chi connectivity index (χ0n) is 16.2. The molecule has 1 aromatic carbocycles. The van der Waals surface area contributed by atoms with Crippen LogP contribution < -0.4 is 5.32 Å². The topological polar surface area (TPSA) is 76.4 Å². The first-order valence-electron chi connectivity index (χ1n) is 9.82. The van der Waals surface area contributed by atoms with Gasteiger partial charge >= 0.3 is 6.18 Å². The molecule has 2 amide bonds. The van der Waals surface area contributed by atoms with E-state index in [1.54, 1.807) is 0 Å². The Morgan fingerprint density at radius 1 is 1.19 bits per heavy atom. The molecule has 4 atom stereocenters. The minimum Gasteiger partial charge on any atom is -0.338 e. The number of amides is 2. The van der Waals surface area contributed by atoms with E-state index in [2.05, 4.69) is 5.32 Å². The predicted molar refractivity (Wildman–Crippen MR) is 96.7 cm³/mol. The van der Waals surface area contributed by atoms with E-state index < -0.39 is 41.2 Å². The van der Waals surface area contributed by atoms with Crippen molar-refractivity contribution in [2.75, 3.05) is 26.2 Å². The van der Waals surface area contributed by atoms with Crippen LogP contribution in [-0.2, 0) is 11.0 Å². The second-order valence-electron chi connectivity index (χ2n) is 8.16. The second-order valence-corrected chi connectivity index (χ2v) is 8.16. The van der Waals surface area contributed by atoms with Crippen molar-refractivity contribution in [2.24, 2.45) is 11.8 Å². The van der Waals surface area contributed by atoms with Crippen molar-refractivity contribution in [3.05, 3.63) is 35.1 Å². The number of piperidine rings is 1. The van der Waals surface area contributed by atoms with Crippen molar-refractivity contribution in [2.45, 2.75) is 30.9 Å². The lowest BCUT2D eigenvalue weighted by atomic mass is 10.1. The number of nitriles is 1. The molecule has 3 fully saturated rings. The summed E-state index contributed by atoms with van der Waals surface area (Å²) in [5, 5.41) is 12.1. The van der Waals surface area contributed by atoms with Gasteiger partial charge in [-0.25, -0.2) is 8.78 Å². The quantitative estimate of drug-likeness (QED) is 0.724. The third-order valence-electron chi connectivity index (χ3n) is 6.21. The average molecular weight is 442 g/mol. The Morgan fingerprint density at radius 3 is 2.48 bits per heavy atom. The molecule has 11 heteroatoms. The van der Waals surface area contributed by atoms with Crippen molar-refractivity contribution in [3.8, 4) is 6.07 Å². The highest BCUT2D eigenvalue weighted by Gasteiger charge is 2.56. The summed E-state index contributed by atoms with van der Waals surface area (Å²) >= 11 is 0. The average Bonchev–Trinajstić information content (AvgIpc) is 3.05. The number of nitrogens with one attached hydrogen (secondary N) is 1. The Hall–Kier alpha value is -2.74. The van der Waals surface area contributed by atoms with Gasteiger partial charge in [0.25, 0.3) is 5.91 Å². The van der Waals surface area contributed by atoms with E-state index in [4.69, 9.17) is 5.26 Å². The minimum absolute atomic E-state index is 0.0000880. The van der Waals surface area contributed by atoms with Gasteiger partial charge in [-0.05, 0) is 30.0 Å². The van der Waals surface area contributed by atoms with Crippen LogP contribution in [0.2, 0.25) is 0 Å². The van der Waals surface area contributed by atoms with Crippen LogP contribution in [0.15, 0.2) is 18.2 Å². The number of likely N-dealkylation sites (tertiary alicyclic amines) is 2. The fourth-order valence-corrected chi connectivity index (χ4v) is 4.52. The van der Waals surface area contributed by atoms with E-state index in [0.29, 0.717) is 18.2 Å². The zero-order valence-corrected chi connectivity index (χ0v) is 16.2. The number of rotatable bonds is 4. The number of benzene rings is 1. The first-order chi connectivity index (χ1) is 14.6. The molecule has 2 aliphatic heterocycles. The summed E-state index contributed by atoms with van der Waals surface area (Å²) in [6.07, 6.45) is -5.90. The Morgan fingerprint density at radius 2 is 1.87 bits per heavy atom. The van der Waals surface area contributed by atoms with Crippen LogP contribution in [0.4, 0.5) is 22.0 Å². The Bertz CT molecular complexity index is 934. The highest BCUT2D eigenvalue weighted by molar-refractivity contribution is 5.95. The Kier molecular flexibility index (Phi) is 5.37. The molecule has 2 heterocycles. The highest BCUT2D eigenvalue weighted by Crippen LogP contribution is 2.46. The van der Waals surface area contributed by atoms with Crippen LogP contribution in [0.3, 0.4) is 0 Å². The summed E-state index contributed by atoms with van der Waals surface area (Å²) in [6.45, 7) is 0.296. The molecule has 3 aliphatic rings. The second kappa shape index (κ2) is 7.75. The summed E-state index contributed by atoms with van der Waals surface area (Å²) in [5.41, 5.74) is -1.71. The SMILES string of the molecule is N#C[C@@H]1C[C@H](F)CN1C(=O)CNC1C2CN(C(=O)c3cc(C(F)(F)F)ccc3F)CC21. The molecular weight excluding hydrogens is 423 g/mol. The molecular formula is C20H19F5N4O2. The first kappa shape index (κ1) is 21.5. The van der Waals surface area contributed by atoms with E-state index in [1.165, 1.54) is 9.80 Å². The Balaban J connectivity index is 1.31. The minimum atomic E-state index is -4.68. The standard InChI is InChI=1S/C20H19F5N4O2/c21-11-4-12(5-26)29(7-11)17(30)6-27-18-14-8-28(9-15(14)18)19(31)13-3-10(20(23,24)25)1-2-16(13)22/h1-3,11-12,14-15,18,27H,4,6-9H2/t11-,12-,14?,15?,18?/m0/s1. The lowest BCUT2D eigenvalue weighted by molar-refractivity contribution is -0.137. The normalized spacial score (nSPS) is 29.6. The molecule has 1 aliphatic carbocycles. The van der Waals surface area contributed by atoms with Gasteiger partial charge in [0.15, 0.2) is 0 Å². The molecule has 1 saturated carbocycles. The number of halogens is 5. The molecule has 2 unspecified atom stereocenters. The molecule has 0 bridgehead atoms. The van der Waals surface area contributed by atoms with Crippen molar-refractivity contribution in [1.82, 2.24) is 15.1 Å². The van der Waals surface area contributed by atoms with Gasteiger partial charge in [0.1, 0.15) is 18.0 Å². The molecule has 1 N–H and O–H groups in total. The van der Waals surface area contributed by atoms with Crippen LogP contribution in [0.25, 0.3) is 0 Å². The van der Waals surface area contributed by atoms with Crippen LogP contribution in [0.5, 0.6) is 0 Å². The maximum absolute atomic E-state index is 14.0. The van der Waals surface area contributed by atoms with E-state index in [1.807, 2.05) is 6.07 Å². The third kappa shape index (κ3) is 4.08. The van der Waals surface area contributed by atoms with Gasteiger partial charge in [0.05, 0.1) is 30.3 Å². The van der Waals surface area contributed by atoms with Crippen molar-refractivity contribution in [1.29, 1.82) is 5.26 Å². The van der Waals surface area contributed by atoms with Crippen molar-refractivity contribution < 1.29 is 31.5 Å². The maximum atomic E-state index is 14.0. The number of hydrogen-bond donors (Lipinski definition) is 1. The predicted octanol–water partition coefficient (Wildman–Crippen LogP) is 1.97. The molecule has 0 spiro atoms. The van der Waals surface area contributed by atoms with Crippen LogP contribution in [0.1, 0.15) is 22.3 Å². The van der Waals surface area contributed by atoms with Gasteiger partial charge in [-0.3, -0.25) is 9.59 Å². The summed E-state index contributed by atoms with van der Waals surface area (Å²) in [7, 11) is 0. The lowest BCUT2D eigenvalue weighted by Gasteiger charge is -2.22. The number of nitrogens with zero attached hydrogens (tertiary/aromatic N) is 3. The van der Waals surface area contributed by atoms with Crippen molar-refractivity contribution >= 4 is 11.8 Å². The molecule has 0 aromatic heterocycles. The molecule has 1 aromatic rings. The molecule has 6 nitrogen and oxygen atoms in total. The van der Waals surface area contributed by atoms with Gasteiger partial charge < -0.3 is 15.1 Å². The van der Waals surface area contributed by atoms with E-state index in [0.717, 1.165) is 0 Å². The number of alkyl halides is 4. The first-order valence-corrected chi connectivity index (χ1v) is 9.82. The summed E-state index contributed by atoms with van der Waals surface area (Å²) in [5.74, 6) is -2.18. The lowest BCUT2D eigenvalue weighted by Crippen LogP contribution is -2.43. The van der Waals surface area contributed by atoms with Crippen LogP contribution in [-0.4, -0.2) is 66.0 Å². The van der Waals surface area contributed by atoms with Gasteiger partial charge in [0, 0.05) is 25.6 Å². The zero-order chi connectivity index (χ0) is 22.5. The largest absolute Gasteiger partial charge is 0.416 e. The maximum Gasteiger partial charge on any atom is 0.416 e. The van der Waals surface area contributed by atoms with Gasteiger partial charge in [-0.1, -0.05) is 0 Å². The summed E-state index contributed by atoms with van der Waals surface area (Å²) in [6, 6.07) is 2.82. The number of fused-ring (bicyclic) bond motifs is 1. The smallest absolute Gasteiger partial charge is 0.338 e. The fraction of sp³-hybridized carbons (Fsp3) is 0.550. The van der Waals surface area contributed by atoms with Crippen LogP contribution in [0, 0.1) is 29.0 Å². The number of hydrogen-bond acceptors (Lipinski definition) is 4. The van der Waals surface area contributed by atoms with Gasteiger partial charge in [-0.15, -0.1) is 0 Å². The summed E-state index contributed by atoms with van der Waals surface area (Å²) in [4.78, 5) is 27.3. The molecule has 31 heavy (non-hydrogen) atoms. The Labute approximate surface area is 174 Å². The molecule has 4 rings (SSSR count). The molecule has 2 saturated heterocycles. The van der Waals surface area contributed by atoms with Crippen molar-refractivity contribution in [3.63, 3.8) is 0 Å². The van der Waals surface area contributed by atoms with Gasteiger partial charge in [0.2, 0.25) is 5.91 Å². The number of carbonyl (C=O) groups excluding carboxylic acids is 2. The van der Waals surface area contributed by atoms with Gasteiger partial charge in [-0.2, -0.15) is 18.4 Å². The van der Waals surface area contributed by atoms with E-state index >= 15 is 0 Å².